The topological polar surface area (TPSA) is 133 Å². The zero-order valence-electron chi connectivity index (χ0n) is 21.5. The van der Waals surface area contributed by atoms with E-state index < -0.39 is 11.9 Å². The predicted octanol–water partition coefficient (Wildman–Crippen LogP) is 3.67. The third-order valence-electron chi connectivity index (χ3n) is 6.36. The van der Waals surface area contributed by atoms with Gasteiger partial charge < -0.3 is 11.1 Å². The molecule has 10 nitrogen and oxygen atoms in total. The number of carbonyl (C=O) groups excluding carboxylic acids is 1. The Morgan fingerprint density at radius 2 is 1.90 bits per heavy atom. The van der Waals surface area contributed by atoms with Gasteiger partial charge in [-0.05, 0) is 55.5 Å². The van der Waals surface area contributed by atoms with Crippen LogP contribution in [0.15, 0.2) is 77.9 Å². The summed E-state index contributed by atoms with van der Waals surface area (Å²) in [6.07, 6.45) is 3.24. The number of carbonyl (C=O) groups is 1. The molecule has 0 unspecified atom stereocenters. The number of benzene rings is 2. The molecule has 6 rings (SSSR count). The van der Waals surface area contributed by atoms with Crippen molar-refractivity contribution in [1.29, 1.82) is 0 Å². The molecule has 40 heavy (non-hydrogen) atoms. The van der Waals surface area contributed by atoms with E-state index in [1.165, 1.54) is 15.9 Å². The average molecular weight is 547 g/mol. The van der Waals surface area contributed by atoms with Gasteiger partial charge in [-0.25, -0.2) is 9.50 Å². The number of nitrogen functional groups attached to an aromatic ring is 1. The number of anilines is 1. The summed E-state index contributed by atoms with van der Waals surface area (Å²) in [6, 6.07) is 17.8. The third-order valence-corrected chi connectivity index (χ3v) is 7.11. The molecule has 196 valence electrons. The summed E-state index contributed by atoms with van der Waals surface area (Å²) in [4.78, 5) is 31.8. The molecule has 2 aromatic carbocycles. The van der Waals surface area contributed by atoms with Gasteiger partial charge in [-0.15, -0.1) is 15.3 Å². The molecule has 4 aromatic heterocycles. The molecule has 0 aliphatic carbocycles. The lowest BCUT2D eigenvalue weighted by Gasteiger charge is -2.21. The fraction of sp³-hybridized carbons (Fsp3) is 0.103. The molecule has 0 fully saturated rings. The van der Waals surface area contributed by atoms with Crippen molar-refractivity contribution < 1.29 is 4.79 Å². The predicted molar refractivity (Wildman–Crippen MR) is 153 cm³/mol. The fourth-order valence-electron chi connectivity index (χ4n) is 4.58. The molecule has 0 saturated carbocycles. The van der Waals surface area contributed by atoms with Crippen molar-refractivity contribution in [3.05, 3.63) is 110 Å². The van der Waals surface area contributed by atoms with Gasteiger partial charge in [0.15, 0.2) is 16.5 Å². The highest BCUT2D eigenvalue weighted by atomic mass is 32.1. The second-order valence-electron chi connectivity index (χ2n) is 9.03. The van der Waals surface area contributed by atoms with Gasteiger partial charge in [0.1, 0.15) is 10.6 Å². The molecule has 0 bridgehead atoms. The van der Waals surface area contributed by atoms with Crippen LogP contribution in [0.4, 0.5) is 5.82 Å². The highest BCUT2D eigenvalue weighted by Gasteiger charge is 2.24. The summed E-state index contributed by atoms with van der Waals surface area (Å²) < 4.78 is 3.06. The van der Waals surface area contributed by atoms with Crippen LogP contribution in [-0.2, 0) is 0 Å². The monoisotopic (exact) mass is 546 g/mol. The number of hydrogen-bond acceptors (Lipinski definition) is 8. The molecule has 1 atom stereocenters. The zero-order chi connectivity index (χ0) is 27.8. The maximum Gasteiger partial charge on any atom is 0.264 e. The van der Waals surface area contributed by atoms with E-state index in [1.807, 2.05) is 68.4 Å². The van der Waals surface area contributed by atoms with Crippen molar-refractivity contribution >= 4 is 39.5 Å². The standard InChI is InChI=1S/C29H22N8O2S/c1-17(32-28(38)25-26(30)35-36-15-7-14-31-27(25)36)22-16-20-9-6-8-19(12-13-23-34-33-18(2)40-23)24(20)29(39)37(22)21-10-4-3-5-11-21/h3-11,14-17H,1-2H3,(H2,30,35)(H,32,38)/t17-/m1/s1. The number of nitrogens with two attached hydrogens (primary N) is 1. The van der Waals surface area contributed by atoms with Gasteiger partial charge >= 0.3 is 0 Å². The van der Waals surface area contributed by atoms with Crippen LogP contribution in [0, 0.1) is 18.8 Å². The number of fused-ring (bicyclic) bond motifs is 2. The number of rotatable bonds is 4. The van der Waals surface area contributed by atoms with E-state index in [2.05, 4.69) is 37.4 Å². The first kappa shape index (κ1) is 25.0. The summed E-state index contributed by atoms with van der Waals surface area (Å²) in [6.45, 7) is 3.68. The Morgan fingerprint density at radius 1 is 1.07 bits per heavy atom. The Morgan fingerprint density at radius 3 is 2.67 bits per heavy atom. The number of aryl methyl sites for hydroxylation is 1. The highest BCUT2D eigenvalue weighted by Crippen LogP contribution is 2.24. The van der Waals surface area contributed by atoms with Crippen molar-refractivity contribution in [2.24, 2.45) is 0 Å². The average Bonchev–Trinajstić information content (AvgIpc) is 3.53. The smallest absolute Gasteiger partial charge is 0.264 e. The second-order valence-corrected chi connectivity index (χ2v) is 10.2. The lowest BCUT2D eigenvalue weighted by molar-refractivity contribution is 0.0941. The second kappa shape index (κ2) is 10.1. The van der Waals surface area contributed by atoms with Gasteiger partial charge in [0.05, 0.1) is 11.4 Å². The van der Waals surface area contributed by atoms with Gasteiger partial charge in [0.25, 0.3) is 11.5 Å². The van der Waals surface area contributed by atoms with Gasteiger partial charge in [0, 0.05) is 29.3 Å². The summed E-state index contributed by atoms with van der Waals surface area (Å²) >= 11 is 1.39. The number of nitrogens with zero attached hydrogens (tertiary/aromatic N) is 6. The van der Waals surface area contributed by atoms with Crippen LogP contribution in [0.25, 0.3) is 22.1 Å². The van der Waals surface area contributed by atoms with Crippen molar-refractivity contribution in [1.82, 2.24) is 34.7 Å². The molecule has 11 heteroatoms. The molecular weight excluding hydrogens is 524 g/mol. The van der Waals surface area contributed by atoms with E-state index >= 15 is 0 Å². The minimum Gasteiger partial charge on any atom is -0.381 e. The largest absolute Gasteiger partial charge is 0.381 e. The Hall–Kier alpha value is -5.34. The molecule has 1 amide bonds. The Balaban J connectivity index is 1.48. The molecule has 0 spiro atoms. The Bertz CT molecular complexity index is 2030. The third kappa shape index (κ3) is 4.46. The first-order chi connectivity index (χ1) is 19.4. The van der Waals surface area contributed by atoms with Crippen molar-refractivity contribution in [2.45, 2.75) is 19.9 Å². The first-order valence-electron chi connectivity index (χ1n) is 12.4. The van der Waals surface area contributed by atoms with Crippen LogP contribution < -0.4 is 16.6 Å². The maximum atomic E-state index is 14.1. The van der Waals surface area contributed by atoms with E-state index in [9.17, 15) is 9.59 Å². The normalized spacial score (nSPS) is 11.8. The minimum atomic E-state index is -0.582. The van der Waals surface area contributed by atoms with E-state index in [0.29, 0.717) is 38.4 Å². The molecule has 3 N–H and O–H groups in total. The van der Waals surface area contributed by atoms with E-state index in [0.717, 1.165) is 5.01 Å². The number of para-hydroxylation sites is 1. The Kier molecular flexibility index (Phi) is 6.30. The molecular formula is C29H22N8O2S. The van der Waals surface area contributed by atoms with E-state index in [4.69, 9.17) is 5.73 Å². The highest BCUT2D eigenvalue weighted by molar-refractivity contribution is 7.11. The maximum absolute atomic E-state index is 14.1. The fourth-order valence-corrected chi connectivity index (χ4v) is 5.13. The lowest BCUT2D eigenvalue weighted by atomic mass is 10.0. The SMILES string of the molecule is Cc1nnc(C#Cc2cccc3cc([C@@H](C)NC(=O)c4c(N)nn5cccnc45)n(-c4ccccc4)c(=O)c23)s1. The van der Waals surface area contributed by atoms with Crippen LogP contribution in [0.5, 0.6) is 0 Å². The molecule has 0 aliphatic rings. The zero-order valence-corrected chi connectivity index (χ0v) is 22.3. The van der Waals surface area contributed by atoms with Crippen LogP contribution >= 0.6 is 11.3 Å². The number of nitrogens with one attached hydrogen (secondary N) is 1. The summed E-state index contributed by atoms with van der Waals surface area (Å²) in [5.74, 6) is 5.75. The van der Waals surface area contributed by atoms with Crippen molar-refractivity contribution in [3.8, 4) is 17.5 Å². The summed E-state index contributed by atoms with van der Waals surface area (Å²) in [5, 5.41) is 17.8. The lowest BCUT2D eigenvalue weighted by Crippen LogP contribution is -2.32. The number of amides is 1. The van der Waals surface area contributed by atoms with Crippen LogP contribution in [0.3, 0.4) is 0 Å². The van der Waals surface area contributed by atoms with Gasteiger partial charge in [-0.3, -0.25) is 14.2 Å². The quantitative estimate of drug-likeness (QED) is 0.322. The number of aromatic nitrogens is 6. The van der Waals surface area contributed by atoms with Crippen molar-refractivity contribution in [2.75, 3.05) is 5.73 Å². The first-order valence-corrected chi connectivity index (χ1v) is 13.2. The molecule has 0 aliphatic heterocycles. The van der Waals surface area contributed by atoms with E-state index in [-0.39, 0.29) is 16.9 Å². The summed E-state index contributed by atoms with van der Waals surface area (Å²) in [5.41, 5.74) is 8.15. The number of hydrogen-bond donors (Lipinski definition) is 2. The van der Waals surface area contributed by atoms with Crippen LogP contribution in [-0.4, -0.2) is 35.3 Å². The molecule has 0 radical (unpaired) electrons. The molecule has 0 saturated heterocycles. The van der Waals surface area contributed by atoms with E-state index in [1.54, 1.807) is 23.0 Å². The van der Waals surface area contributed by atoms with Crippen molar-refractivity contribution in [3.63, 3.8) is 0 Å². The number of pyridine rings is 1. The van der Waals surface area contributed by atoms with Crippen LogP contribution in [0.1, 0.15) is 44.6 Å². The minimum absolute atomic E-state index is 0.0659. The van der Waals surface area contributed by atoms with Gasteiger partial charge in [-0.2, -0.15) is 0 Å². The van der Waals surface area contributed by atoms with Crippen LogP contribution in [0.2, 0.25) is 0 Å². The Labute approximate surface area is 232 Å². The molecule has 6 aromatic rings. The molecule has 4 heterocycles. The van der Waals surface area contributed by atoms with Gasteiger partial charge in [0.2, 0.25) is 0 Å². The summed E-state index contributed by atoms with van der Waals surface area (Å²) in [7, 11) is 0. The van der Waals surface area contributed by atoms with Gasteiger partial charge in [-0.1, -0.05) is 47.6 Å².